The van der Waals surface area contributed by atoms with E-state index in [9.17, 15) is 13.2 Å². The van der Waals surface area contributed by atoms with Crippen LogP contribution in [-0.4, -0.2) is 7.11 Å². The zero-order valence-corrected chi connectivity index (χ0v) is 12.3. The number of nitrogens with two attached hydrogens (primary N) is 1. The second-order valence-electron chi connectivity index (χ2n) is 4.27. The van der Waals surface area contributed by atoms with Gasteiger partial charge in [-0.15, -0.1) is 0 Å². The Balaban J connectivity index is 2.55. The van der Waals surface area contributed by atoms with Crippen LogP contribution in [-0.2, 0) is 0 Å². The Morgan fingerprint density at radius 1 is 1.00 bits per heavy atom. The van der Waals surface area contributed by atoms with Crippen molar-refractivity contribution in [3.8, 4) is 5.75 Å². The molecule has 0 aliphatic rings. The van der Waals surface area contributed by atoms with Gasteiger partial charge < -0.3 is 10.5 Å². The van der Waals surface area contributed by atoms with Crippen molar-refractivity contribution >= 4 is 23.2 Å². The second kappa shape index (κ2) is 6.13. The third-order valence-corrected chi connectivity index (χ3v) is 3.58. The van der Waals surface area contributed by atoms with Crippen molar-refractivity contribution in [3.05, 3.63) is 62.9 Å². The van der Waals surface area contributed by atoms with Crippen molar-refractivity contribution in [1.29, 1.82) is 0 Å². The number of ether oxygens (including phenoxy) is 1. The molecule has 2 aromatic rings. The molecule has 2 rings (SSSR count). The Kier molecular flexibility index (Phi) is 4.66. The first-order chi connectivity index (χ1) is 9.85. The fourth-order valence-electron chi connectivity index (χ4n) is 1.94. The molecule has 0 aromatic heterocycles. The van der Waals surface area contributed by atoms with Crippen LogP contribution in [0, 0.1) is 17.5 Å². The van der Waals surface area contributed by atoms with E-state index in [-0.39, 0.29) is 15.6 Å². The van der Waals surface area contributed by atoms with Crippen LogP contribution in [0.1, 0.15) is 17.2 Å². The summed E-state index contributed by atoms with van der Waals surface area (Å²) in [7, 11) is 1.40. The van der Waals surface area contributed by atoms with E-state index >= 15 is 0 Å². The quantitative estimate of drug-likeness (QED) is 0.898. The van der Waals surface area contributed by atoms with Crippen LogP contribution in [0.2, 0.25) is 10.0 Å². The molecule has 0 aliphatic heterocycles. The molecule has 1 atom stereocenters. The topological polar surface area (TPSA) is 35.2 Å². The summed E-state index contributed by atoms with van der Waals surface area (Å²) in [5.41, 5.74) is 5.56. The van der Waals surface area contributed by atoms with E-state index < -0.39 is 29.1 Å². The first kappa shape index (κ1) is 15.9. The number of halogens is 5. The van der Waals surface area contributed by atoms with Crippen LogP contribution in [0.5, 0.6) is 5.75 Å². The predicted molar refractivity (Wildman–Crippen MR) is 75.4 cm³/mol. The Morgan fingerprint density at radius 2 is 1.57 bits per heavy atom. The fraction of sp³-hybridized carbons (Fsp3) is 0.143. The van der Waals surface area contributed by atoms with Gasteiger partial charge in [-0.1, -0.05) is 23.2 Å². The van der Waals surface area contributed by atoms with Gasteiger partial charge in [0.2, 0.25) is 0 Å². The molecule has 0 aliphatic carbocycles. The number of hydrogen-bond acceptors (Lipinski definition) is 2. The molecular weight excluding hydrogens is 326 g/mol. The van der Waals surface area contributed by atoms with Gasteiger partial charge in [-0.25, -0.2) is 13.2 Å². The highest BCUT2D eigenvalue weighted by Crippen LogP contribution is 2.36. The minimum absolute atomic E-state index is 0.131. The lowest BCUT2D eigenvalue weighted by molar-refractivity contribution is 0.415. The van der Waals surface area contributed by atoms with Gasteiger partial charge in [0.1, 0.15) is 23.2 Å². The second-order valence-corrected chi connectivity index (χ2v) is 5.08. The van der Waals surface area contributed by atoms with E-state index in [0.717, 1.165) is 0 Å². The maximum atomic E-state index is 13.8. The first-order valence-electron chi connectivity index (χ1n) is 5.78. The fourth-order valence-corrected chi connectivity index (χ4v) is 2.47. The summed E-state index contributed by atoms with van der Waals surface area (Å²) in [4.78, 5) is 0. The van der Waals surface area contributed by atoms with E-state index in [2.05, 4.69) is 0 Å². The minimum atomic E-state index is -1.23. The van der Waals surface area contributed by atoms with E-state index in [0.29, 0.717) is 17.9 Å². The molecule has 2 N–H and O–H groups in total. The van der Waals surface area contributed by atoms with Crippen molar-refractivity contribution < 1.29 is 17.9 Å². The van der Waals surface area contributed by atoms with Crippen LogP contribution in [0.4, 0.5) is 13.2 Å². The number of benzene rings is 2. The van der Waals surface area contributed by atoms with Gasteiger partial charge in [0.15, 0.2) is 0 Å². The van der Waals surface area contributed by atoms with Crippen LogP contribution < -0.4 is 10.5 Å². The van der Waals surface area contributed by atoms with Crippen molar-refractivity contribution in [3.63, 3.8) is 0 Å². The summed E-state index contributed by atoms with van der Waals surface area (Å²) in [5, 5.41) is 0.321. The molecule has 0 saturated heterocycles. The minimum Gasteiger partial charge on any atom is -0.495 e. The summed E-state index contributed by atoms with van der Waals surface area (Å²) in [6.45, 7) is 0. The summed E-state index contributed by atoms with van der Waals surface area (Å²) in [6.07, 6.45) is 0. The molecule has 7 heteroatoms. The van der Waals surface area contributed by atoms with E-state index in [1.54, 1.807) is 0 Å². The van der Waals surface area contributed by atoms with Crippen LogP contribution in [0.3, 0.4) is 0 Å². The monoisotopic (exact) mass is 335 g/mol. The van der Waals surface area contributed by atoms with Gasteiger partial charge in [-0.05, 0) is 11.6 Å². The summed E-state index contributed by atoms with van der Waals surface area (Å²) < 4.78 is 45.4. The molecule has 2 nitrogen and oxygen atoms in total. The summed E-state index contributed by atoms with van der Waals surface area (Å²) >= 11 is 12.0. The molecule has 2 aromatic carbocycles. The maximum absolute atomic E-state index is 13.8. The zero-order chi connectivity index (χ0) is 15.7. The number of rotatable bonds is 3. The summed E-state index contributed by atoms with van der Waals surface area (Å²) in [5.74, 6) is -2.91. The SMILES string of the molecule is COc1cc(Cl)c(C(N)c2c(F)cc(F)cc2F)cc1Cl. The highest BCUT2D eigenvalue weighted by molar-refractivity contribution is 6.34. The molecule has 1 unspecified atom stereocenters. The number of hydrogen-bond donors (Lipinski definition) is 1. The molecule has 0 saturated carbocycles. The largest absolute Gasteiger partial charge is 0.495 e. The molecule has 112 valence electrons. The third kappa shape index (κ3) is 3.10. The predicted octanol–water partition coefficient (Wildman–Crippen LogP) is 4.47. The molecule has 0 heterocycles. The van der Waals surface area contributed by atoms with Crippen LogP contribution in [0.15, 0.2) is 24.3 Å². The van der Waals surface area contributed by atoms with Gasteiger partial charge in [-0.3, -0.25) is 0 Å². The van der Waals surface area contributed by atoms with Crippen molar-refractivity contribution in [2.45, 2.75) is 6.04 Å². The Labute approximate surface area is 129 Å². The summed E-state index contributed by atoms with van der Waals surface area (Å²) in [6, 6.07) is 2.62. The molecule has 0 amide bonds. The van der Waals surface area contributed by atoms with Gasteiger partial charge in [-0.2, -0.15) is 0 Å². The normalized spacial score (nSPS) is 12.3. The van der Waals surface area contributed by atoms with E-state index in [4.69, 9.17) is 33.7 Å². The molecule has 0 spiro atoms. The average molecular weight is 336 g/mol. The smallest absolute Gasteiger partial charge is 0.138 e. The third-order valence-electron chi connectivity index (χ3n) is 2.96. The average Bonchev–Trinajstić information content (AvgIpc) is 2.39. The van der Waals surface area contributed by atoms with E-state index in [1.165, 1.54) is 19.2 Å². The standard InChI is InChI=1S/C14H10Cl2F3NO/c1-21-12-5-8(15)7(4-9(12)16)14(20)13-10(18)2-6(17)3-11(13)19/h2-5,14H,20H2,1H3. The highest BCUT2D eigenvalue weighted by Gasteiger charge is 2.23. The molecule has 21 heavy (non-hydrogen) atoms. The first-order valence-corrected chi connectivity index (χ1v) is 6.53. The Hall–Kier alpha value is -1.43. The lowest BCUT2D eigenvalue weighted by atomic mass is 9.98. The Bertz CT molecular complexity index is 671. The highest BCUT2D eigenvalue weighted by atomic mass is 35.5. The zero-order valence-electron chi connectivity index (χ0n) is 10.8. The van der Waals surface area contributed by atoms with Crippen LogP contribution >= 0.6 is 23.2 Å². The van der Waals surface area contributed by atoms with Crippen molar-refractivity contribution in [2.75, 3.05) is 7.11 Å². The maximum Gasteiger partial charge on any atom is 0.138 e. The van der Waals surface area contributed by atoms with E-state index in [1.807, 2.05) is 0 Å². The molecule has 0 fully saturated rings. The Morgan fingerprint density at radius 3 is 2.10 bits per heavy atom. The van der Waals surface area contributed by atoms with Gasteiger partial charge >= 0.3 is 0 Å². The van der Waals surface area contributed by atoms with Gasteiger partial charge in [0.25, 0.3) is 0 Å². The van der Waals surface area contributed by atoms with Crippen LogP contribution in [0.25, 0.3) is 0 Å². The molecule has 0 bridgehead atoms. The van der Waals surface area contributed by atoms with Gasteiger partial charge in [0, 0.05) is 28.8 Å². The lowest BCUT2D eigenvalue weighted by Gasteiger charge is -2.17. The molecular formula is C14H10Cl2F3NO. The molecule has 0 radical (unpaired) electrons. The van der Waals surface area contributed by atoms with Crippen molar-refractivity contribution in [2.24, 2.45) is 5.73 Å². The lowest BCUT2D eigenvalue weighted by Crippen LogP contribution is -2.16. The number of methoxy groups -OCH3 is 1. The van der Waals surface area contributed by atoms with Gasteiger partial charge in [0.05, 0.1) is 18.2 Å². The van der Waals surface area contributed by atoms with Crippen molar-refractivity contribution in [1.82, 2.24) is 0 Å².